The Labute approximate surface area is 135 Å². The second-order valence-electron chi connectivity index (χ2n) is 5.19. The van der Waals surface area contributed by atoms with Gasteiger partial charge in [-0.05, 0) is 43.0 Å². The van der Waals surface area contributed by atoms with Crippen LogP contribution in [-0.4, -0.2) is 20.1 Å². The second-order valence-corrected chi connectivity index (χ2v) is 8.30. The zero-order valence-corrected chi connectivity index (χ0v) is 14.3. The Morgan fingerprint density at radius 3 is 2.41 bits per heavy atom. The molecule has 1 aromatic carbocycles. The summed E-state index contributed by atoms with van der Waals surface area (Å²) >= 11 is 1.58. The second kappa shape index (κ2) is 7.07. The van der Waals surface area contributed by atoms with Gasteiger partial charge in [0.05, 0.1) is 17.2 Å². The Kier molecular flexibility index (Phi) is 5.37. The number of aryl methyl sites for hydroxylation is 2. The van der Waals surface area contributed by atoms with Crippen molar-refractivity contribution < 1.29 is 13.2 Å². The van der Waals surface area contributed by atoms with Gasteiger partial charge in [-0.1, -0.05) is 17.7 Å². The quantitative estimate of drug-likeness (QED) is 0.881. The highest BCUT2D eigenvalue weighted by molar-refractivity contribution is 7.91. The first-order valence-corrected chi connectivity index (χ1v) is 9.51. The van der Waals surface area contributed by atoms with Crippen LogP contribution in [0.1, 0.15) is 22.4 Å². The topological polar surface area (TPSA) is 63.2 Å². The van der Waals surface area contributed by atoms with Gasteiger partial charge in [0.2, 0.25) is 5.91 Å². The van der Waals surface area contributed by atoms with Crippen molar-refractivity contribution in [3.63, 3.8) is 0 Å². The zero-order valence-electron chi connectivity index (χ0n) is 12.6. The minimum atomic E-state index is -3.41. The predicted molar refractivity (Wildman–Crippen MR) is 88.8 cm³/mol. The van der Waals surface area contributed by atoms with Gasteiger partial charge in [0.1, 0.15) is 0 Å². The first kappa shape index (κ1) is 16.7. The van der Waals surface area contributed by atoms with E-state index in [4.69, 9.17) is 0 Å². The molecule has 0 saturated carbocycles. The van der Waals surface area contributed by atoms with E-state index in [9.17, 15) is 13.2 Å². The van der Waals surface area contributed by atoms with Crippen molar-refractivity contribution in [2.45, 2.75) is 31.7 Å². The maximum atomic E-state index is 12.2. The molecule has 0 aliphatic rings. The molecule has 0 unspecified atom stereocenters. The maximum Gasteiger partial charge on any atom is 0.221 e. The van der Waals surface area contributed by atoms with Gasteiger partial charge in [-0.25, -0.2) is 8.42 Å². The molecule has 0 fully saturated rings. The van der Waals surface area contributed by atoms with Crippen LogP contribution < -0.4 is 5.32 Å². The van der Waals surface area contributed by atoms with Crippen LogP contribution in [0.3, 0.4) is 0 Å². The fraction of sp³-hybridized carbons (Fsp3) is 0.312. The molecule has 2 rings (SSSR count). The fourth-order valence-corrected chi connectivity index (χ4v) is 4.03. The molecule has 0 aliphatic heterocycles. The van der Waals surface area contributed by atoms with Gasteiger partial charge in [0, 0.05) is 11.3 Å². The summed E-state index contributed by atoms with van der Waals surface area (Å²) in [4.78, 5) is 13.2. The number of carbonyl (C=O) groups is 1. The molecule has 0 atom stereocenters. The van der Waals surface area contributed by atoms with E-state index in [1.165, 1.54) is 0 Å². The molecule has 1 heterocycles. The van der Waals surface area contributed by atoms with Crippen molar-refractivity contribution in [2.24, 2.45) is 0 Å². The lowest BCUT2D eigenvalue weighted by Gasteiger charge is -2.06. The van der Waals surface area contributed by atoms with Crippen molar-refractivity contribution in [1.82, 2.24) is 5.32 Å². The summed E-state index contributed by atoms with van der Waals surface area (Å²) < 4.78 is 24.3. The number of amides is 1. The molecule has 0 saturated heterocycles. The third-order valence-corrected chi connectivity index (χ3v) is 6.15. The van der Waals surface area contributed by atoms with Crippen LogP contribution in [0.4, 0.5) is 0 Å². The maximum absolute atomic E-state index is 12.2. The van der Waals surface area contributed by atoms with Crippen LogP contribution in [0, 0.1) is 13.8 Å². The molecule has 1 amide bonds. The van der Waals surface area contributed by atoms with Crippen LogP contribution in [0.15, 0.2) is 40.6 Å². The average molecular weight is 337 g/mol. The van der Waals surface area contributed by atoms with Gasteiger partial charge in [-0.15, -0.1) is 11.3 Å². The molecular formula is C16H19NO3S2. The number of thiophene rings is 1. The number of sulfone groups is 1. The molecule has 0 bridgehead atoms. The van der Waals surface area contributed by atoms with Gasteiger partial charge in [0.25, 0.3) is 0 Å². The van der Waals surface area contributed by atoms with Gasteiger partial charge < -0.3 is 5.32 Å². The minimum Gasteiger partial charge on any atom is -0.351 e. The molecule has 1 N–H and O–H groups in total. The molecule has 0 aliphatic carbocycles. The molecule has 4 nitrogen and oxygen atoms in total. The number of nitrogens with one attached hydrogen (secondary N) is 1. The van der Waals surface area contributed by atoms with Gasteiger partial charge in [-0.2, -0.15) is 0 Å². The van der Waals surface area contributed by atoms with E-state index in [-0.39, 0.29) is 23.0 Å². The predicted octanol–water partition coefficient (Wildman–Crippen LogP) is 2.85. The van der Waals surface area contributed by atoms with Crippen LogP contribution in [0.25, 0.3) is 0 Å². The molecule has 0 spiro atoms. The lowest BCUT2D eigenvalue weighted by molar-refractivity contribution is -0.120. The first-order valence-electron chi connectivity index (χ1n) is 6.97. The van der Waals surface area contributed by atoms with Crippen LogP contribution in [0.5, 0.6) is 0 Å². The van der Waals surface area contributed by atoms with E-state index in [1.807, 2.05) is 25.3 Å². The average Bonchev–Trinajstić information content (AvgIpc) is 2.89. The minimum absolute atomic E-state index is 0.0272. The lowest BCUT2D eigenvalue weighted by atomic mass is 10.2. The Hall–Kier alpha value is -1.66. The molecule has 1 aromatic heterocycles. The summed E-state index contributed by atoms with van der Waals surface area (Å²) in [6.07, 6.45) is -0.0272. The third-order valence-electron chi connectivity index (χ3n) is 3.39. The van der Waals surface area contributed by atoms with Gasteiger partial charge >= 0.3 is 0 Å². The number of hydrogen-bond donors (Lipinski definition) is 1. The largest absolute Gasteiger partial charge is 0.351 e. The summed E-state index contributed by atoms with van der Waals surface area (Å²) in [5.74, 6) is -0.422. The normalized spacial score (nSPS) is 11.4. The van der Waals surface area contributed by atoms with E-state index < -0.39 is 9.84 Å². The van der Waals surface area contributed by atoms with Crippen molar-refractivity contribution in [3.8, 4) is 0 Å². The lowest BCUT2D eigenvalue weighted by Crippen LogP contribution is -2.25. The van der Waals surface area contributed by atoms with Crippen LogP contribution >= 0.6 is 11.3 Å². The van der Waals surface area contributed by atoms with E-state index in [0.29, 0.717) is 6.54 Å². The fourth-order valence-electron chi connectivity index (χ4n) is 1.94. The SMILES string of the molecule is Cc1ccc(S(=O)(=O)CCC(=O)NCc2sccc2C)cc1. The monoisotopic (exact) mass is 337 g/mol. The highest BCUT2D eigenvalue weighted by atomic mass is 32.2. The Morgan fingerprint density at radius 2 is 1.82 bits per heavy atom. The molecule has 118 valence electrons. The number of benzene rings is 1. The van der Waals surface area contributed by atoms with Crippen LogP contribution in [-0.2, 0) is 21.2 Å². The summed E-state index contributed by atoms with van der Waals surface area (Å²) in [6.45, 7) is 4.34. The Bertz CT molecular complexity index is 746. The van der Waals surface area contributed by atoms with Crippen molar-refractivity contribution in [1.29, 1.82) is 0 Å². The number of carbonyl (C=O) groups excluding carboxylic acids is 1. The molecular weight excluding hydrogens is 318 g/mol. The van der Waals surface area contributed by atoms with Gasteiger partial charge in [-0.3, -0.25) is 4.79 Å². The van der Waals surface area contributed by atoms with E-state index in [0.717, 1.165) is 16.0 Å². The summed E-state index contributed by atoms with van der Waals surface area (Å²) in [6, 6.07) is 8.67. The standard InChI is InChI=1S/C16H19NO3S2/c1-12-3-5-14(6-4-12)22(19,20)10-8-16(18)17-11-15-13(2)7-9-21-15/h3-7,9H,8,10-11H2,1-2H3,(H,17,18). The summed E-state index contributed by atoms with van der Waals surface area (Å²) in [5, 5.41) is 4.74. The smallest absolute Gasteiger partial charge is 0.221 e. The Balaban J connectivity index is 1.87. The van der Waals surface area contributed by atoms with Crippen molar-refractivity contribution in [3.05, 3.63) is 51.7 Å². The molecule has 2 aromatic rings. The zero-order chi connectivity index (χ0) is 16.2. The molecule has 22 heavy (non-hydrogen) atoms. The molecule has 6 heteroatoms. The van der Waals surface area contributed by atoms with E-state index in [2.05, 4.69) is 5.32 Å². The number of rotatable bonds is 6. The highest BCUT2D eigenvalue weighted by Gasteiger charge is 2.16. The highest BCUT2D eigenvalue weighted by Crippen LogP contribution is 2.15. The van der Waals surface area contributed by atoms with Crippen molar-refractivity contribution >= 4 is 27.1 Å². The third kappa shape index (κ3) is 4.42. The Morgan fingerprint density at radius 1 is 1.14 bits per heavy atom. The molecule has 0 radical (unpaired) electrons. The summed E-state index contributed by atoms with van der Waals surface area (Å²) in [7, 11) is -3.41. The van der Waals surface area contributed by atoms with E-state index in [1.54, 1.807) is 35.6 Å². The first-order chi connectivity index (χ1) is 10.4. The van der Waals surface area contributed by atoms with Gasteiger partial charge in [0.15, 0.2) is 9.84 Å². The van der Waals surface area contributed by atoms with E-state index >= 15 is 0 Å². The summed E-state index contributed by atoms with van der Waals surface area (Å²) in [5.41, 5.74) is 2.14. The number of hydrogen-bond acceptors (Lipinski definition) is 4. The van der Waals surface area contributed by atoms with Crippen molar-refractivity contribution in [2.75, 3.05) is 5.75 Å². The van der Waals surface area contributed by atoms with Crippen LogP contribution in [0.2, 0.25) is 0 Å².